The number of likely N-dealkylation sites (tertiary alicyclic amines) is 1. The topological polar surface area (TPSA) is 137 Å². The standard InChI is InChI=1S/C32H37N7O4/c1-37(2)22-11-8-20(9-12-22)26-18-39(36-35-26)15-14-32(24-6-4-5-7-25(24)34-31(32)42)28-16-23-21(17-38(28)19-33)10-13-27(40)29(23)30(41)43-3/h4-9,11-12,18,21,23,27-29,40H,10,13-17H2,1-3H3,(H,34,42)/t21-,23-,27-,28-,29+,32-/m0/s1. The highest BCUT2D eigenvalue weighted by Crippen LogP contribution is 2.51. The van der Waals surface area contributed by atoms with Gasteiger partial charge in [-0.25, -0.2) is 0 Å². The molecular weight excluding hydrogens is 546 g/mol. The van der Waals surface area contributed by atoms with E-state index in [-0.39, 0.29) is 17.7 Å². The van der Waals surface area contributed by atoms with E-state index in [4.69, 9.17) is 4.74 Å². The quantitative estimate of drug-likeness (QED) is 0.318. The third-order valence-corrected chi connectivity index (χ3v) is 9.80. The van der Waals surface area contributed by atoms with E-state index in [0.717, 1.165) is 28.2 Å². The first-order valence-corrected chi connectivity index (χ1v) is 14.8. The summed E-state index contributed by atoms with van der Waals surface area (Å²) in [5.74, 6) is -1.49. The van der Waals surface area contributed by atoms with Crippen molar-refractivity contribution >= 4 is 23.3 Å². The normalized spacial score (nSPS) is 27.9. The molecule has 1 aliphatic carbocycles. The van der Waals surface area contributed by atoms with Gasteiger partial charge in [0.1, 0.15) is 5.69 Å². The molecule has 11 nitrogen and oxygen atoms in total. The van der Waals surface area contributed by atoms with Crippen molar-refractivity contribution in [3.8, 4) is 17.5 Å². The van der Waals surface area contributed by atoms with Crippen molar-refractivity contribution in [3.05, 3.63) is 60.3 Å². The summed E-state index contributed by atoms with van der Waals surface area (Å²) >= 11 is 0. The highest BCUT2D eigenvalue weighted by Gasteiger charge is 2.58. The number of nitrogens with zero attached hydrogens (tertiary/aromatic N) is 6. The number of amides is 1. The van der Waals surface area contributed by atoms with Gasteiger partial charge in [0.25, 0.3) is 0 Å². The summed E-state index contributed by atoms with van der Waals surface area (Å²) in [7, 11) is 5.32. The van der Waals surface area contributed by atoms with Crippen LogP contribution in [-0.4, -0.2) is 76.8 Å². The fourth-order valence-corrected chi connectivity index (χ4v) is 7.58. The third-order valence-electron chi connectivity index (χ3n) is 9.80. The molecule has 1 saturated carbocycles. The summed E-state index contributed by atoms with van der Waals surface area (Å²) in [6.45, 7) is 0.803. The van der Waals surface area contributed by atoms with Gasteiger partial charge in [-0.15, -0.1) is 5.10 Å². The van der Waals surface area contributed by atoms with Crippen molar-refractivity contribution in [3.63, 3.8) is 0 Å². The highest BCUT2D eigenvalue weighted by molar-refractivity contribution is 6.07. The molecule has 1 saturated heterocycles. The molecule has 0 bridgehead atoms. The van der Waals surface area contributed by atoms with E-state index in [0.29, 0.717) is 38.8 Å². The average Bonchev–Trinajstić information content (AvgIpc) is 3.61. The van der Waals surface area contributed by atoms with E-state index in [1.54, 1.807) is 9.58 Å². The number of aromatic nitrogens is 3. The third kappa shape index (κ3) is 4.89. The smallest absolute Gasteiger partial charge is 0.311 e. The molecule has 0 unspecified atom stereocenters. The number of nitrogens with one attached hydrogen (secondary N) is 1. The second-order valence-corrected chi connectivity index (χ2v) is 12.2. The van der Waals surface area contributed by atoms with Gasteiger partial charge in [-0.2, -0.15) is 5.26 Å². The maximum atomic E-state index is 14.1. The number of hydrogen-bond acceptors (Lipinski definition) is 9. The van der Waals surface area contributed by atoms with Gasteiger partial charge in [0.2, 0.25) is 5.91 Å². The van der Waals surface area contributed by atoms with Crippen LogP contribution >= 0.6 is 0 Å². The molecule has 6 atom stereocenters. The summed E-state index contributed by atoms with van der Waals surface area (Å²) in [4.78, 5) is 30.7. The molecule has 2 aliphatic heterocycles. The van der Waals surface area contributed by atoms with Crippen molar-refractivity contribution in [2.45, 2.75) is 49.8 Å². The van der Waals surface area contributed by atoms with E-state index in [2.05, 4.69) is 21.8 Å². The number of benzene rings is 2. The van der Waals surface area contributed by atoms with Gasteiger partial charge >= 0.3 is 5.97 Å². The van der Waals surface area contributed by atoms with Gasteiger partial charge in [0.15, 0.2) is 6.19 Å². The van der Waals surface area contributed by atoms with Gasteiger partial charge in [0.05, 0.1) is 36.8 Å². The number of piperidine rings is 1. The molecule has 0 radical (unpaired) electrons. The van der Waals surface area contributed by atoms with Crippen LogP contribution in [0.5, 0.6) is 0 Å². The Morgan fingerprint density at radius 1 is 1.21 bits per heavy atom. The highest BCUT2D eigenvalue weighted by atomic mass is 16.5. The maximum Gasteiger partial charge on any atom is 0.311 e. The minimum atomic E-state index is -1.08. The monoisotopic (exact) mass is 583 g/mol. The largest absolute Gasteiger partial charge is 0.469 e. The summed E-state index contributed by atoms with van der Waals surface area (Å²) in [5, 5.41) is 33.1. The van der Waals surface area contributed by atoms with Gasteiger partial charge in [-0.05, 0) is 61.3 Å². The van der Waals surface area contributed by atoms with Gasteiger partial charge in [-0.1, -0.05) is 35.5 Å². The predicted octanol–water partition coefficient (Wildman–Crippen LogP) is 3.02. The molecule has 6 rings (SSSR count). The van der Waals surface area contributed by atoms with Crippen molar-refractivity contribution in [2.24, 2.45) is 17.8 Å². The fourth-order valence-electron chi connectivity index (χ4n) is 7.58. The number of nitriles is 1. The number of rotatable bonds is 7. The number of aliphatic hydroxyl groups is 1. The van der Waals surface area contributed by atoms with Gasteiger partial charge < -0.3 is 25.0 Å². The van der Waals surface area contributed by atoms with E-state index in [1.165, 1.54) is 7.11 Å². The maximum absolute atomic E-state index is 14.1. The molecule has 2 fully saturated rings. The van der Waals surface area contributed by atoms with E-state index in [1.807, 2.05) is 73.7 Å². The lowest BCUT2D eigenvalue weighted by Crippen LogP contribution is -2.61. The first-order valence-electron chi connectivity index (χ1n) is 14.8. The summed E-state index contributed by atoms with van der Waals surface area (Å²) in [6.07, 6.45) is 5.39. The summed E-state index contributed by atoms with van der Waals surface area (Å²) < 4.78 is 6.86. The minimum absolute atomic E-state index is 0.0388. The number of ether oxygens (including phenoxy) is 1. The Hall–Kier alpha value is -4.43. The van der Waals surface area contributed by atoms with Crippen LogP contribution in [0.2, 0.25) is 0 Å². The van der Waals surface area contributed by atoms with E-state index >= 15 is 0 Å². The van der Waals surface area contributed by atoms with Crippen LogP contribution in [0.25, 0.3) is 11.3 Å². The first-order chi connectivity index (χ1) is 20.8. The Kier molecular flexibility index (Phi) is 7.56. The molecule has 0 spiro atoms. The molecule has 1 aromatic heterocycles. The first kappa shape index (κ1) is 28.7. The minimum Gasteiger partial charge on any atom is -0.469 e. The van der Waals surface area contributed by atoms with Crippen LogP contribution in [0.4, 0.5) is 11.4 Å². The van der Waals surface area contributed by atoms with Gasteiger partial charge in [0, 0.05) is 44.1 Å². The van der Waals surface area contributed by atoms with Crippen LogP contribution in [-0.2, 0) is 26.3 Å². The number of carbonyl (C=O) groups is 2. The van der Waals surface area contributed by atoms with E-state index < -0.39 is 29.4 Å². The van der Waals surface area contributed by atoms with E-state index in [9.17, 15) is 20.0 Å². The number of aliphatic hydroxyl groups excluding tert-OH is 1. The number of para-hydroxylation sites is 1. The number of fused-ring (bicyclic) bond motifs is 2. The second kappa shape index (κ2) is 11.3. The lowest BCUT2D eigenvalue weighted by atomic mass is 9.60. The molecule has 11 heteroatoms. The lowest BCUT2D eigenvalue weighted by molar-refractivity contribution is -0.160. The number of aryl methyl sites for hydroxylation is 1. The molecule has 3 aromatic rings. The zero-order valence-corrected chi connectivity index (χ0v) is 24.7. The van der Waals surface area contributed by atoms with Crippen LogP contribution in [0.15, 0.2) is 54.7 Å². The summed E-state index contributed by atoms with van der Waals surface area (Å²) in [5.41, 5.74) is 3.22. The Balaban J connectivity index is 1.34. The SMILES string of the molecule is COC(=O)[C@@H]1[C@H]2C[C@@H]([C@@]3(CCn4cc(-c5ccc(N(C)C)cc5)nn4)C(=O)Nc4ccccc43)N(C#N)C[C@@H]2CC[C@@H]1O. The number of methoxy groups -OCH3 is 1. The van der Waals surface area contributed by atoms with Crippen LogP contribution in [0.1, 0.15) is 31.2 Å². The zero-order chi connectivity index (χ0) is 30.3. The lowest BCUT2D eigenvalue weighted by Gasteiger charge is -2.52. The number of hydrogen-bond donors (Lipinski definition) is 2. The Bertz CT molecular complexity index is 1550. The van der Waals surface area contributed by atoms with Gasteiger partial charge in [-0.3, -0.25) is 14.3 Å². The second-order valence-electron chi connectivity index (χ2n) is 12.2. The van der Waals surface area contributed by atoms with Crippen molar-refractivity contribution in [1.82, 2.24) is 19.9 Å². The molecular formula is C32H37N7O4. The van der Waals surface area contributed by atoms with Crippen molar-refractivity contribution < 1.29 is 19.4 Å². The Labute approximate surface area is 251 Å². The molecule has 43 heavy (non-hydrogen) atoms. The molecule has 2 aromatic carbocycles. The number of anilines is 2. The molecule has 224 valence electrons. The predicted molar refractivity (Wildman–Crippen MR) is 160 cm³/mol. The number of esters is 1. The fraction of sp³-hybridized carbons (Fsp3) is 0.469. The Morgan fingerprint density at radius 2 is 1.98 bits per heavy atom. The summed E-state index contributed by atoms with van der Waals surface area (Å²) in [6, 6.07) is 15.1. The average molecular weight is 584 g/mol. The molecule has 3 aliphatic rings. The molecule has 3 heterocycles. The number of carbonyl (C=O) groups excluding carboxylic acids is 2. The Morgan fingerprint density at radius 3 is 2.70 bits per heavy atom. The van der Waals surface area contributed by atoms with Crippen LogP contribution in [0.3, 0.4) is 0 Å². The van der Waals surface area contributed by atoms with Crippen molar-refractivity contribution in [2.75, 3.05) is 38.0 Å². The van der Waals surface area contributed by atoms with Crippen LogP contribution < -0.4 is 10.2 Å². The van der Waals surface area contributed by atoms with Crippen molar-refractivity contribution in [1.29, 1.82) is 5.26 Å². The zero-order valence-electron chi connectivity index (χ0n) is 24.7. The van der Waals surface area contributed by atoms with Crippen LogP contribution in [0, 0.1) is 29.2 Å². The molecule has 2 N–H and O–H groups in total. The molecule has 1 amide bonds.